The topological polar surface area (TPSA) is 41.1 Å². The third-order valence-corrected chi connectivity index (χ3v) is 3.47. The number of anilines is 2. The summed E-state index contributed by atoms with van der Waals surface area (Å²) in [6, 6.07) is 6.46. The average molecular weight is 363 g/mol. The first-order valence-corrected chi connectivity index (χ1v) is 7.26. The van der Waals surface area contributed by atoms with E-state index in [1.165, 1.54) is 12.1 Å². The Morgan fingerprint density at radius 1 is 1.00 bits per heavy atom. The first kappa shape index (κ1) is 17.4. The Bertz CT molecular complexity index is 741. The summed E-state index contributed by atoms with van der Waals surface area (Å²) in [5, 5.41) is 5.80. The summed E-state index contributed by atoms with van der Waals surface area (Å²) in [5.41, 5.74) is 0.126. The summed E-state index contributed by atoms with van der Waals surface area (Å²) >= 11 is 11.7. The van der Waals surface area contributed by atoms with Gasteiger partial charge >= 0.3 is 0 Å². The van der Waals surface area contributed by atoms with Crippen LogP contribution >= 0.6 is 23.2 Å². The van der Waals surface area contributed by atoms with Crippen molar-refractivity contribution >= 4 is 40.5 Å². The summed E-state index contributed by atoms with van der Waals surface area (Å²) in [6.07, 6.45) is -0.0404. The van der Waals surface area contributed by atoms with Crippen molar-refractivity contribution < 1.29 is 18.0 Å². The molecule has 1 amide bonds. The van der Waals surface area contributed by atoms with Crippen molar-refractivity contribution in [2.45, 2.75) is 6.42 Å². The standard InChI is InChI=1S/C15H11Cl2F3N2O/c16-8-1-2-9(17)12(7-8)22-13(23)5-6-21-11-4-3-10(18)14(19)15(11)20/h1-4,7,21H,5-6H2,(H,22,23). The largest absolute Gasteiger partial charge is 0.382 e. The van der Waals surface area contributed by atoms with Crippen LogP contribution in [0.1, 0.15) is 6.42 Å². The minimum atomic E-state index is -1.56. The predicted molar refractivity (Wildman–Crippen MR) is 84.5 cm³/mol. The maximum Gasteiger partial charge on any atom is 0.226 e. The Balaban J connectivity index is 1.90. The van der Waals surface area contributed by atoms with Crippen LogP contribution in [0.4, 0.5) is 24.5 Å². The zero-order valence-electron chi connectivity index (χ0n) is 11.6. The molecule has 0 aliphatic heterocycles. The van der Waals surface area contributed by atoms with Gasteiger partial charge in [-0.25, -0.2) is 13.2 Å². The van der Waals surface area contributed by atoms with E-state index in [0.29, 0.717) is 15.7 Å². The molecule has 0 atom stereocenters. The molecule has 2 N–H and O–H groups in total. The molecule has 0 saturated carbocycles. The van der Waals surface area contributed by atoms with E-state index in [1.807, 2.05) is 0 Å². The molecule has 0 bridgehead atoms. The van der Waals surface area contributed by atoms with Crippen LogP contribution in [0, 0.1) is 17.5 Å². The Kier molecular flexibility index (Phi) is 5.74. The lowest BCUT2D eigenvalue weighted by Gasteiger charge is -2.10. The molecule has 2 rings (SSSR count). The molecule has 0 aliphatic carbocycles. The third kappa shape index (κ3) is 4.53. The quantitative estimate of drug-likeness (QED) is 0.746. The zero-order chi connectivity index (χ0) is 17.0. The second-order valence-electron chi connectivity index (χ2n) is 4.57. The van der Waals surface area contributed by atoms with Gasteiger partial charge in [0.1, 0.15) is 0 Å². The van der Waals surface area contributed by atoms with E-state index >= 15 is 0 Å². The van der Waals surface area contributed by atoms with Crippen molar-refractivity contribution in [2.75, 3.05) is 17.2 Å². The highest BCUT2D eigenvalue weighted by Gasteiger charge is 2.13. The van der Waals surface area contributed by atoms with Crippen LogP contribution in [0.5, 0.6) is 0 Å². The first-order valence-electron chi connectivity index (χ1n) is 6.50. The minimum Gasteiger partial charge on any atom is -0.382 e. The van der Waals surface area contributed by atoms with Crippen molar-refractivity contribution in [3.63, 3.8) is 0 Å². The molecule has 2 aromatic rings. The fraction of sp³-hybridized carbons (Fsp3) is 0.133. The molecule has 122 valence electrons. The zero-order valence-corrected chi connectivity index (χ0v) is 13.1. The van der Waals surface area contributed by atoms with Gasteiger partial charge in [-0.2, -0.15) is 0 Å². The van der Waals surface area contributed by atoms with E-state index in [0.717, 1.165) is 12.1 Å². The van der Waals surface area contributed by atoms with Crippen LogP contribution in [-0.2, 0) is 4.79 Å². The lowest BCUT2D eigenvalue weighted by molar-refractivity contribution is -0.115. The van der Waals surface area contributed by atoms with Crippen LogP contribution in [0.3, 0.4) is 0 Å². The molecule has 23 heavy (non-hydrogen) atoms. The number of halogens is 5. The number of carbonyl (C=O) groups is 1. The van der Waals surface area contributed by atoms with E-state index in [1.54, 1.807) is 6.07 Å². The number of nitrogens with one attached hydrogen (secondary N) is 2. The predicted octanol–water partition coefficient (Wildman–Crippen LogP) is 4.85. The molecule has 0 fully saturated rings. The highest BCUT2D eigenvalue weighted by Crippen LogP contribution is 2.25. The molecule has 0 unspecified atom stereocenters. The van der Waals surface area contributed by atoms with Crippen LogP contribution in [0.25, 0.3) is 0 Å². The van der Waals surface area contributed by atoms with Crippen LogP contribution in [0.2, 0.25) is 10.0 Å². The first-order chi connectivity index (χ1) is 10.9. The number of benzene rings is 2. The highest BCUT2D eigenvalue weighted by molar-refractivity contribution is 6.35. The van der Waals surface area contributed by atoms with Gasteiger partial charge in [-0.05, 0) is 30.3 Å². The lowest BCUT2D eigenvalue weighted by atomic mass is 10.2. The van der Waals surface area contributed by atoms with Crippen LogP contribution in [-0.4, -0.2) is 12.5 Å². The number of carbonyl (C=O) groups excluding carboxylic acids is 1. The van der Waals surface area contributed by atoms with Gasteiger partial charge in [-0.15, -0.1) is 0 Å². The van der Waals surface area contributed by atoms with Gasteiger partial charge in [0.25, 0.3) is 0 Å². The molecular weight excluding hydrogens is 352 g/mol. The Morgan fingerprint density at radius 3 is 2.48 bits per heavy atom. The molecule has 0 saturated heterocycles. The van der Waals surface area contributed by atoms with Crippen molar-refractivity contribution in [2.24, 2.45) is 0 Å². The summed E-state index contributed by atoms with van der Waals surface area (Å²) in [6.45, 7) is 0.0199. The Labute approximate surface area is 140 Å². The van der Waals surface area contributed by atoms with E-state index in [2.05, 4.69) is 10.6 Å². The lowest BCUT2D eigenvalue weighted by Crippen LogP contribution is -2.17. The van der Waals surface area contributed by atoms with Gasteiger partial charge < -0.3 is 10.6 Å². The van der Waals surface area contributed by atoms with Gasteiger partial charge in [0, 0.05) is 18.0 Å². The number of hydrogen-bond acceptors (Lipinski definition) is 2. The molecular formula is C15H11Cl2F3N2O. The Hall–Kier alpha value is -1.92. The van der Waals surface area contributed by atoms with Gasteiger partial charge in [0.15, 0.2) is 17.5 Å². The van der Waals surface area contributed by atoms with Gasteiger partial charge in [0.05, 0.1) is 16.4 Å². The van der Waals surface area contributed by atoms with Gasteiger partial charge in [0.2, 0.25) is 5.91 Å². The van der Waals surface area contributed by atoms with Crippen LogP contribution in [0.15, 0.2) is 30.3 Å². The number of hydrogen-bond donors (Lipinski definition) is 2. The summed E-state index contributed by atoms with van der Waals surface area (Å²) in [4.78, 5) is 11.8. The molecule has 0 spiro atoms. The molecule has 3 nitrogen and oxygen atoms in total. The molecule has 0 radical (unpaired) electrons. The monoisotopic (exact) mass is 362 g/mol. The minimum absolute atomic E-state index is 0.0199. The average Bonchev–Trinajstić information content (AvgIpc) is 2.51. The van der Waals surface area contributed by atoms with Gasteiger partial charge in [-0.1, -0.05) is 23.2 Å². The second-order valence-corrected chi connectivity index (χ2v) is 5.42. The second kappa shape index (κ2) is 7.57. The summed E-state index contributed by atoms with van der Waals surface area (Å²) in [5.74, 6) is -4.57. The molecule has 2 aromatic carbocycles. The van der Waals surface area contributed by atoms with E-state index in [-0.39, 0.29) is 18.7 Å². The fourth-order valence-corrected chi connectivity index (χ4v) is 2.12. The van der Waals surface area contributed by atoms with Crippen molar-refractivity contribution in [3.05, 3.63) is 57.8 Å². The van der Waals surface area contributed by atoms with Gasteiger partial charge in [-0.3, -0.25) is 4.79 Å². The van der Waals surface area contributed by atoms with E-state index in [9.17, 15) is 18.0 Å². The van der Waals surface area contributed by atoms with Crippen LogP contribution < -0.4 is 10.6 Å². The third-order valence-electron chi connectivity index (χ3n) is 2.91. The maximum atomic E-state index is 13.4. The number of rotatable bonds is 5. The van der Waals surface area contributed by atoms with E-state index in [4.69, 9.17) is 23.2 Å². The summed E-state index contributed by atoms with van der Waals surface area (Å²) < 4.78 is 39.3. The maximum absolute atomic E-state index is 13.4. The van der Waals surface area contributed by atoms with E-state index < -0.39 is 23.4 Å². The van der Waals surface area contributed by atoms with Crippen molar-refractivity contribution in [3.8, 4) is 0 Å². The normalized spacial score (nSPS) is 10.5. The fourth-order valence-electron chi connectivity index (χ4n) is 1.78. The summed E-state index contributed by atoms with van der Waals surface area (Å²) in [7, 11) is 0. The number of amides is 1. The highest BCUT2D eigenvalue weighted by atomic mass is 35.5. The molecule has 8 heteroatoms. The SMILES string of the molecule is O=C(CCNc1ccc(F)c(F)c1F)Nc1cc(Cl)ccc1Cl. The molecule has 0 aliphatic rings. The smallest absolute Gasteiger partial charge is 0.226 e. The molecule has 0 aromatic heterocycles. The molecule has 0 heterocycles. The van der Waals surface area contributed by atoms with Crippen molar-refractivity contribution in [1.29, 1.82) is 0 Å². The van der Waals surface area contributed by atoms with Crippen molar-refractivity contribution in [1.82, 2.24) is 0 Å². The Morgan fingerprint density at radius 2 is 1.74 bits per heavy atom.